The summed E-state index contributed by atoms with van der Waals surface area (Å²) < 4.78 is 0. The van der Waals surface area contributed by atoms with Crippen LogP contribution in [0.25, 0.3) is 0 Å². The van der Waals surface area contributed by atoms with Crippen molar-refractivity contribution in [3.05, 3.63) is 18.1 Å². The number of hydrogen-bond acceptors (Lipinski definition) is 5. The van der Waals surface area contributed by atoms with E-state index in [4.69, 9.17) is 5.26 Å². The van der Waals surface area contributed by atoms with Crippen LogP contribution < -0.4 is 4.90 Å². The molecule has 1 saturated carbocycles. The highest BCUT2D eigenvalue weighted by Crippen LogP contribution is 2.26. The van der Waals surface area contributed by atoms with Gasteiger partial charge in [0.15, 0.2) is 11.5 Å². The first kappa shape index (κ1) is 13.8. The molecular weight excluding hydrogens is 266 g/mol. The lowest BCUT2D eigenvalue weighted by Crippen LogP contribution is -2.52. The highest BCUT2D eigenvalue weighted by Gasteiger charge is 2.28. The van der Waals surface area contributed by atoms with Crippen LogP contribution in [0.4, 0.5) is 5.82 Å². The summed E-state index contributed by atoms with van der Waals surface area (Å²) in [6.45, 7) is 2.60. The van der Waals surface area contributed by atoms with E-state index in [0.29, 0.717) is 31.4 Å². The zero-order valence-corrected chi connectivity index (χ0v) is 12.0. The largest absolute Gasteiger partial charge is 0.343 e. The molecule has 1 aromatic heterocycles. The van der Waals surface area contributed by atoms with Gasteiger partial charge in [-0.3, -0.25) is 4.79 Å². The molecule has 21 heavy (non-hydrogen) atoms. The molecule has 0 atom stereocenters. The Labute approximate surface area is 124 Å². The summed E-state index contributed by atoms with van der Waals surface area (Å²) >= 11 is 0. The quantitative estimate of drug-likeness (QED) is 0.834. The zero-order chi connectivity index (χ0) is 14.7. The third-order valence-electron chi connectivity index (χ3n) is 4.36. The van der Waals surface area contributed by atoms with Gasteiger partial charge in [0.1, 0.15) is 6.07 Å². The highest BCUT2D eigenvalue weighted by atomic mass is 16.2. The van der Waals surface area contributed by atoms with Crippen molar-refractivity contribution in [2.45, 2.75) is 25.7 Å². The van der Waals surface area contributed by atoms with E-state index in [1.54, 1.807) is 6.20 Å². The number of anilines is 1. The Morgan fingerprint density at radius 1 is 1.24 bits per heavy atom. The molecule has 0 unspecified atom stereocenters. The Morgan fingerprint density at radius 3 is 2.71 bits per heavy atom. The van der Waals surface area contributed by atoms with Gasteiger partial charge in [-0.1, -0.05) is 12.8 Å². The molecule has 2 heterocycles. The smallest absolute Gasteiger partial charge is 0.242 e. The third kappa shape index (κ3) is 2.97. The van der Waals surface area contributed by atoms with Gasteiger partial charge < -0.3 is 9.80 Å². The maximum absolute atomic E-state index is 12.3. The van der Waals surface area contributed by atoms with Crippen molar-refractivity contribution in [3.8, 4) is 6.07 Å². The fraction of sp³-hybridized carbons (Fsp3) is 0.600. The van der Waals surface area contributed by atoms with Crippen molar-refractivity contribution in [2.24, 2.45) is 5.92 Å². The van der Waals surface area contributed by atoms with Crippen molar-refractivity contribution in [1.82, 2.24) is 14.9 Å². The molecule has 110 valence electrons. The van der Waals surface area contributed by atoms with Crippen molar-refractivity contribution in [1.29, 1.82) is 5.26 Å². The number of aromatic nitrogens is 2. The van der Waals surface area contributed by atoms with E-state index in [1.807, 2.05) is 15.9 Å². The number of carbonyl (C=O) groups is 1. The number of carbonyl (C=O) groups excluding carboxylic acids is 1. The second kappa shape index (κ2) is 6.08. The van der Waals surface area contributed by atoms with Gasteiger partial charge in [-0.05, 0) is 18.8 Å². The van der Waals surface area contributed by atoms with E-state index in [2.05, 4.69) is 9.97 Å². The Balaban J connectivity index is 1.65. The van der Waals surface area contributed by atoms with Crippen LogP contribution in [-0.4, -0.2) is 47.0 Å². The molecule has 0 bridgehead atoms. The Bertz CT molecular complexity index is 561. The molecule has 0 N–H and O–H groups in total. The third-order valence-corrected chi connectivity index (χ3v) is 4.36. The lowest BCUT2D eigenvalue weighted by atomic mass is 10.1. The lowest BCUT2D eigenvalue weighted by molar-refractivity contribution is -0.131. The predicted molar refractivity (Wildman–Crippen MR) is 77.5 cm³/mol. The van der Waals surface area contributed by atoms with E-state index < -0.39 is 0 Å². The average molecular weight is 285 g/mol. The standard InChI is InChI=1S/C15H19N5O/c16-9-13-15(18-6-5-17-13)20-8-7-19(14(21)11-20)10-12-3-1-2-4-12/h5-6,12H,1-4,7-8,10-11H2. The molecule has 6 heteroatoms. The van der Waals surface area contributed by atoms with Crippen LogP contribution in [0.3, 0.4) is 0 Å². The van der Waals surface area contributed by atoms with Gasteiger partial charge in [0.05, 0.1) is 6.54 Å². The molecule has 3 rings (SSSR count). The summed E-state index contributed by atoms with van der Waals surface area (Å²) in [5.74, 6) is 1.32. The van der Waals surface area contributed by atoms with E-state index in [-0.39, 0.29) is 11.6 Å². The van der Waals surface area contributed by atoms with E-state index in [9.17, 15) is 4.79 Å². The summed E-state index contributed by atoms with van der Waals surface area (Å²) in [6, 6.07) is 2.04. The highest BCUT2D eigenvalue weighted by molar-refractivity contribution is 5.82. The minimum absolute atomic E-state index is 0.127. The molecule has 1 aliphatic carbocycles. The molecule has 0 aromatic carbocycles. The van der Waals surface area contributed by atoms with Gasteiger partial charge in [-0.2, -0.15) is 5.26 Å². The second-order valence-electron chi connectivity index (χ2n) is 5.75. The number of hydrogen-bond donors (Lipinski definition) is 0. The Hall–Kier alpha value is -2.16. The number of nitrogens with zero attached hydrogens (tertiary/aromatic N) is 5. The monoisotopic (exact) mass is 285 g/mol. The van der Waals surface area contributed by atoms with Crippen LogP contribution in [0.1, 0.15) is 31.4 Å². The average Bonchev–Trinajstić information content (AvgIpc) is 3.02. The van der Waals surface area contributed by atoms with Crippen LogP contribution in [0.15, 0.2) is 12.4 Å². The molecule has 0 radical (unpaired) electrons. The van der Waals surface area contributed by atoms with Crippen LogP contribution >= 0.6 is 0 Å². The van der Waals surface area contributed by atoms with Crippen molar-refractivity contribution >= 4 is 11.7 Å². The summed E-state index contributed by atoms with van der Waals surface area (Å²) in [5.41, 5.74) is 0.287. The molecule has 1 amide bonds. The minimum Gasteiger partial charge on any atom is -0.343 e. The molecule has 2 fully saturated rings. The summed E-state index contributed by atoms with van der Waals surface area (Å²) in [6.07, 6.45) is 8.14. The first-order valence-corrected chi connectivity index (χ1v) is 7.52. The van der Waals surface area contributed by atoms with Gasteiger partial charge >= 0.3 is 0 Å². The first-order chi connectivity index (χ1) is 10.3. The number of amides is 1. The summed E-state index contributed by atoms with van der Waals surface area (Å²) in [7, 11) is 0. The lowest BCUT2D eigenvalue weighted by Gasteiger charge is -2.36. The fourth-order valence-corrected chi connectivity index (χ4v) is 3.23. The fourth-order valence-electron chi connectivity index (χ4n) is 3.23. The van der Waals surface area contributed by atoms with E-state index in [0.717, 1.165) is 6.54 Å². The van der Waals surface area contributed by atoms with Crippen molar-refractivity contribution in [3.63, 3.8) is 0 Å². The Morgan fingerprint density at radius 2 is 2.00 bits per heavy atom. The second-order valence-corrected chi connectivity index (χ2v) is 5.75. The summed E-state index contributed by atoms with van der Waals surface area (Å²) in [4.78, 5) is 24.4. The topological polar surface area (TPSA) is 73.1 Å². The molecule has 0 spiro atoms. The number of piperazine rings is 1. The predicted octanol–water partition coefficient (Wildman–Crippen LogP) is 1.19. The van der Waals surface area contributed by atoms with E-state index >= 15 is 0 Å². The van der Waals surface area contributed by atoms with Crippen molar-refractivity contribution < 1.29 is 4.79 Å². The van der Waals surface area contributed by atoms with Crippen LogP contribution in [0.2, 0.25) is 0 Å². The van der Waals surface area contributed by atoms with Gasteiger partial charge in [0.25, 0.3) is 0 Å². The maximum atomic E-state index is 12.3. The molecule has 1 saturated heterocycles. The zero-order valence-electron chi connectivity index (χ0n) is 12.0. The van der Waals surface area contributed by atoms with E-state index in [1.165, 1.54) is 31.9 Å². The number of nitriles is 1. The molecule has 6 nitrogen and oxygen atoms in total. The van der Waals surface area contributed by atoms with Crippen LogP contribution in [0, 0.1) is 17.2 Å². The normalized spacial score (nSPS) is 19.9. The van der Waals surface area contributed by atoms with Gasteiger partial charge in [-0.25, -0.2) is 9.97 Å². The van der Waals surface area contributed by atoms with Gasteiger partial charge in [0, 0.05) is 32.0 Å². The molecular formula is C15H19N5O. The minimum atomic E-state index is 0.127. The molecule has 1 aromatic rings. The SMILES string of the molecule is N#Cc1nccnc1N1CCN(CC2CCCC2)C(=O)C1. The molecule has 2 aliphatic rings. The first-order valence-electron chi connectivity index (χ1n) is 7.52. The Kier molecular flexibility index (Phi) is 4.00. The number of rotatable bonds is 3. The van der Waals surface area contributed by atoms with Gasteiger partial charge in [-0.15, -0.1) is 0 Å². The van der Waals surface area contributed by atoms with Crippen LogP contribution in [0.5, 0.6) is 0 Å². The van der Waals surface area contributed by atoms with Crippen LogP contribution in [-0.2, 0) is 4.79 Å². The maximum Gasteiger partial charge on any atom is 0.242 e. The van der Waals surface area contributed by atoms with Gasteiger partial charge in [0.2, 0.25) is 5.91 Å². The summed E-state index contributed by atoms with van der Waals surface area (Å²) in [5, 5.41) is 9.08. The molecule has 1 aliphatic heterocycles. The van der Waals surface area contributed by atoms with Crippen molar-refractivity contribution in [2.75, 3.05) is 31.1 Å².